The molecule has 20 heavy (non-hydrogen) atoms. The van der Waals surface area contributed by atoms with Crippen molar-refractivity contribution in [3.8, 4) is 11.7 Å². The van der Waals surface area contributed by atoms with Gasteiger partial charge in [0.15, 0.2) is 6.10 Å². The van der Waals surface area contributed by atoms with E-state index < -0.39 is 6.10 Å². The second-order valence-corrected chi connectivity index (χ2v) is 4.73. The molecule has 6 nitrogen and oxygen atoms in total. The van der Waals surface area contributed by atoms with Crippen molar-refractivity contribution in [2.75, 3.05) is 0 Å². The molecule has 2 aromatic rings. The number of amides is 1. The van der Waals surface area contributed by atoms with Gasteiger partial charge in [0.05, 0.1) is 5.69 Å². The Bertz CT molecular complexity index is 566. The first-order valence-electron chi connectivity index (χ1n) is 6.50. The van der Waals surface area contributed by atoms with Crippen LogP contribution in [0.5, 0.6) is 6.01 Å². The number of carbonyl (C=O) groups excluding carboxylic acids is 1. The van der Waals surface area contributed by atoms with E-state index in [1.807, 2.05) is 44.2 Å². The monoisotopic (exact) mass is 274 g/mol. The Kier molecular flexibility index (Phi) is 4.34. The second-order valence-electron chi connectivity index (χ2n) is 4.73. The topological polar surface area (TPSA) is 69.0 Å². The largest absolute Gasteiger partial charge is 0.449 e. The minimum atomic E-state index is -0.635. The highest BCUT2D eigenvalue weighted by atomic mass is 16.5. The third-order valence-electron chi connectivity index (χ3n) is 2.57. The maximum Gasteiger partial charge on any atom is 0.336 e. The number of ether oxygens (including phenoxy) is 1. The van der Waals surface area contributed by atoms with Crippen molar-refractivity contribution >= 4 is 5.91 Å². The summed E-state index contributed by atoms with van der Waals surface area (Å²) in [6.45, 7) is 5.46. The number of para-hydroxylation sites is 1. The van der Waals surface area contributed by atoms with Gasteiger partial charge < -0.3 is 10.1 Å². The molecule has 6 heteroatoms. The van der Waals surface area contributed by atoms with Crippen molar-refractivity contribution in [2.45, 2.75) is 32.9 Å². The lowest BCUT2D eigenvalue weighted by molar-refractivity contribution is -0.128. The third kappa shape index (κ3) is 3.57. The van der Waals surface area contributed by atoms with Gasteiger partial charge in [-0.05, 0) is 32.9 Å². The number of hydrogen-bond acceptors (Lipinski definition) is 4. The normalized spacial score (nSPS) is 12.2. The Morgan fingerprint density at radius 3 is 2.60 bits per heavy atom. The summed E-state index contributed by atoms with van der Waals surface area (Å²) in [5.74, 6) is -0.184. The number of aromatic nitrogens is 3. The second kappa shape index (κ2) is 6.18. The average molecular weight is 274 g/mol. The average Bonchev–Trinajstić information content (AvgIpc) is 2.87. The van der Waals surface area contributed by atoms with Crippen molar-refractivity contribution in [2.24, 2.45) is 0 Å². The summed E-state index contributed by atoms with van der Waals surface area (Å²) >= 11 is 0. The fourth-order valence-corrected chi connectivity index (χ4v) is 1.62. The summed E-state index contributed by atoms with van der Waals surface area (Å²) in [6.07, 6.45) is 0.918. The van der Waals surface area contributed by atoms with E-state index in [4.69, 9.17) is 4.74 Å². The molecule has 0 bridgehead atoms. The highest BCUT2D eigenvalue weighted by Gasteiger charge is 2.17. The van der Waals surface area contributed by atoms with Crippen molar-refractivity contribution < 1.29 is 9.53 Å². The first-order chi connectivity index (χ1) is 9.56. The molecule has 106 valence electrons. The van der Waals surface area contributed by atoms with Crippen LogP contribution in [-0.4, -0.2) is 32.8 Å². The quantitative estimate of drug-likeness (QED) is 0.898. The summed E-state index contributed by atoms with van der Waals surface area (Å²) in [4.78, 5) is 15.8. The van der Waals surface area contributed by atoms with Crippen LogP contribution in [0.4, 0.5) is 0 Å². The van der Waals surface area contributed by atoms with Crippen LogP contribution in [-0.2, 0) is 4.79 Å². The molecular formula is C14H18N4O2. The minimum Gasteiger partial charge on any atom is -0.449 e. The van der Waals surface area contributed by atoms with E-state index in [2.05, 4.69) is 15.4 Å². The molecule has 0 saturated carbocycles. The molecule has 1 aromatic heterocycles. The van der Waals surface area contributed by atoms with Crippen LogP contribution in [0.25, 0.3) is 5.69 Å². The maximum absolute atomic E-state index is 11.7. The molecule has 0 aliphatic carbocycles. The van der Waals surface area contributed by atoms with E-state index in [1.165, 1.54) is 0 Å². The number of hydrogen-bond donors (Lipinski definition) is 1. The predicted molar refractivity (Wildman–Crippen MR) is 74.7 cm³/mol. The number of carbonyl (C=O) groups is 1. The van der Waals surface area contributed by atoms with E-state index in [-0.39, 0.29) is 18.0 Å². The number of benzene rings is 1. The van der Waals surface area contributed by atoms with Crippen LogP contribution in [0.2, 0.25) is 0 Å². The van der Waals surface area contributed by atoms with Gasteiger partial charge in [0, 0.05) is 6.04 Å². The lowest BCUT2D eigenvalue weighted by Crippen LogP contribution is -2.40. The Morgan fingerprint density at radius 1 is 1.25 bits per heavy atom. The van der Waals surface area contributed by atoms with E-state index >= 15 is 0 Å². The van der Waals surface area contributed by atoms with E-state index in [0.717, 1.165) is 5.69 Å². The molecule has 0 fully saturated rings. The molecule has 1 heterocycles. The van der Waals surface area contributed by atoms with Gasteiger partial charge in [0.25, 0.3) is 5.91 Å². The third-order valence-corrected chi connectivity index (χ3v) is 2.57. The van der Waals surface area contributed by atoms with Crippen molar-refractivity contribution in [3.63, 3.8) is 0 Å². The molecule has 0 aliphatic rings. The molecule has 0 spiro atoms. The fraction of sp³-hybridized carbons (Fsp3) is 0.357. The van der Waals surface area contributed by atoms with E-state index in [1.54, 1.807) is 17.9 Å². The lowest BCUT2D eigenvalue weighted by atomic mass is 10.3. The highest BCUT2D eigenvalue weighted by molar-refractivity contribution is 5.80. The molecule has 1 amide bonds. The summed E-state index contributed by atoms with van der Waals surface area (Å²) in [6, 6.07) is 9.83. The minimum absolute atomic E-state index is 0.0726. The van der Waals surface area contributed by atoms with Crippen molar-refractivity contribution in [1.29, 1.82) is 0 Å². The molecule has 0 radical (unpaired) electrons. The van der Waals surface area contributed by atoms with Gasteiger partial charge in [-0.1, -0.05) is 18.2 Å². The molecule has 1 N–H and O–H groups in total. The molecular weight excluding hydrogens is 256 g/mol. The predicted octanol–water partition coefficient (Wildman–Crippen LogP) is 1.56. The van der Waals surface area contributed by atoms with E-state index in [9.17, 15) is 4.79 Å². The van der Waals surface area contributed by atoms with Gasteiger partial charge in [0.1, 0.15) is 6.33 Å². The highest BCUT2D eigenvalue weighted by Crippen LogP contribution is 2.09. The fourth-order valence-electron chi connectivity index (χ4n) is 1.62. The standard InChI is InChI=1S/C14H18N4O2/c1-10(2)16-13(19)11(3)20-14-15-9-18(17-14)12-7-5-4-6-8-12/h4-11H,1-3H3,(H,16,19). The van der Waals surface area contributed by atoms with Gasteiger partial charge in [-0.2, -0.15) is 4.98 Å². The van der Waals surface area contributed by atoms with Crippen LogP contribution in [0.1, 0.15) is 20.8 Å². The van der Waals surface area contributed by atoms with Crippen molar-refractivity contribution in [3.05, 3.63) is 36.7 Å². The smallest absolute Gasteiger partial charge is 0.336 e. The maximum atomic E-state index is 11.7. The zero-order chi connectivity index (χ0) is 14.5. The van der Waals surface area contributed by atoms with Gasteiger partial charge in [-0.25, -0.2) is 4.68 Å². The Hall–Kier alpha value is -2.37. The molecule has 1 atom stereocenters. The van der Waals surface area contributed by atoms with Crippen LogP contribution in [0.3, 0.4) is 0 Å². The van der Waals surface area contributed by atoms with Crippen LogP contribution < -0.4 is 10.1 Å². The Balaban J connectivity index is 2.01. The number of nitrogens with zero attached hydrogens (tertiary/aromatic N) is 3. The van der Waals surface area contributed by atoms with Crippen molar-refractivity contribution in [1.82, 2.24) is 20.1 Å². The van der Waals surface area contributed by atoms with Gasteiger partial charge >= 0.3 is 6.01 Å². The molecule has 2 rings (SSSR count). The SMILES string of the molecule is CC(C)NC(=O)C(C)Oc1ncn(-c2ccccc2)n1. The zero-order valence-corrected chi connectivity index (χ0v) is 11.8. The first-order valence-corrected chi connectivity index (χ1v) is 6.50. The number of rotatable bonds is 5. The summed E-state index contributed by atoms with van der Waals surface area (Å²) < 4.78 is 7.02. The van der Waals surface area contributed by atoms with Crippen LogP contribution in [0, 0.1) is 0 Å². The van der Waals surface area contributed by atoms with Gasteiger partial charge in [-0.15, -0.1) is 5.10 Å². The molecule has 1 aromatic carbocycles. The summed E-state index contributed by atoms with van der Waals surface area (Å²) in [5, 5.41) is 6.96. The van der Waals surface area contributed by atoms with Gasteiger partial charge in [-0.3, -0.25) is 4.79 Å². The van der Waals surface area contributed by atoms with Gasteiger partial charge in [0.2, 0.25) is 0 Å². The number of nitrogens with one attached hydrogen (secondary N) is 1. The lowest BCUT2D eigenvalue weighted by Gasteiger charge is -2.14. The van der Waals surface area contributed by atoms with Crippen LogP contribution in [0.15, 0.2) is 36.7 Å². The zero-order valence-electron chi connectivity index (χ0n) is 11.8. The molecule has 1 unspecified atom stereocenters. The molecule has 0 saturated heterocycles. The van der Waals surface area contributed by atoms with Crippen LogP contribution >= 0.6 is 0 Å². The molecule has 0 aliphatic heterocycles. The van der Waals surface area contributed by atoms with E-state index in [0.29, 0.717) is 0 Å². The summed E-state index contributed by atoms with van der Waals surface area (Å²) in [7, 11) is 0. The summed E-state index contributed by atoms with van der Waals surface area (Å²) in [5.41, 5.74) is 0.883. The first kappa shape index (κ1) is 14.0. The Morgan fingerprint density at radius 2 is 1.95 bits per heavy atom. The Labute approximate surface area is 117 Å².